The van der Waals surface area contributed by atoms with Gasteiger partial charge in [0.05, 0.1) is 23.8 Å². The lowest BCUT2D eigenvalue weighted by Crippen LogP contribution is -2.40. The second-order valence-corrected chi connectivity index (χ2v) is 9.87. The first-order valence-corrected chi connectivity index (χ1v) is 11.8. The zero-order valence-electron chi connectivity index (χ0n) is 18.1. The van der Waals surface area contributed by atoms with Crippen LogP contribution in [-0.4, -0.2) is 57.5 Å². The Kier molecular flexibility index (Phi) is 7.55. The Labute approximate surface area is 192 Å². The van der Waals surface area contributed by atoms with Crippen LogP contribution < -0.4 is 5.32 Å². The molecule has 0 atom stereocenters. The van der Waals surface area contributed by atoms with Crippen LogP contribution in [0.4, 0.5) is 5.69 Å². The van der Waals surface area contributed by atoms with E-state index in [1.54, 1.807) is 13.8 Å². The van der Waals surface area contributed by atoms with Crippen LogP contribution in [0, 0.1) is 20.8 Å². The van der Waals surface area contributed by atoms with E-state index in [4.69, 9.17) is 21.1 Å². The fourth-order valence-corrected chi connectivity index (χ4v) is 5.52. The lowest BCUT2D eigenvalue weighted by atomic mass is 10.00. The molecule has 1 heterocycles. The Morgan fingerprint density at radius 2 is 1.72 bits per heavy atom. The molecule has 1 aliphatic rings. The van der Waals surface area contributed by atoms with Gasteiger partial charge in [0.15, 0.2) is 6.61 Å². The first kappa shape index (κ1) is 24.2. The van der Waals surface area contributed by atoms with Gasteiger partial charge < -0.3 is 14.8 Å². The third kappa shape index (κ3) is 5.47. The van der Waals surface area contributed by atoms with Crippen LogP contribution in [0.3, 0.4) is 0 Å². The molecule has 1 aliphatic heterocycles. The van der Waals surface area contributed by atoms with E-state index in [0.29, 0.717) is 18.8 Å². The number of sulfonamides is 1. The van der Waals surface area contributed by atoms with Crippen LogP contribution in [0.15, 0.2) is 35.2 Å². The van der Waals surface area contributed by atoms with E-state index < -0.39 is 28.5 Å². The normalized spacial score (nSPS) is 14.8. The largest absolute Gasteiger partial charge is 0.452 e. The zero-order valence-corrected chi connectivity index (χ0v) is 19.7. The number of esters is 1. The van der Waals surface area contributed by atoms with Crippen LogP contribution in [-0.2, 0) is 24.3 Å². The second-order valence-electron chi connectivity index (χ2n) is 7.56. The van der Waals surface area contributed by atoms with Crippen molar-refractivity contribution in [2.24, 2.45) is 0 Å². The van der Waals surface area contributed by atoms with Crippen LogP contribution in [0.2, 0.25) is 5.02 Å². The van der Waals surface area contributed by atoms with Gasteiger partial charge in [0.2, 0.25) is 10.0 Å². The molecule has 1 saturated heterocycles. The number of morpholine rings is 1. The summed E-state index contributed by atoms with van der Waals surface area (Å²) in [6, 6.07) is 7.91. The topological polar surface area (TPSA) is 102 Å². The summed E-state index contributed by atoms with van der Waals surface area (Å²) in [5, 5.41) is 2.59. The highest BCUT2D eigenvalue weighted by Gasteiger charge is 2.28. The molecule has 0 radical (unpaired) electrons. The summed E-state index contributed by atoms with van der Waals surface area (Å²) in [4.78, 5) is 24.7. The molecule has 32 heavy (non-hydrogen) atoms. The number of benzene rings is 2. The van der Waals surface area contributed by atoms with Crippen molar-refractivity contribution in [1.82, 2.24) is 4.31 Å². The molecule has 0 aliphatic carbocycles. The number of hydrogen-bond donors (Lipinski definition) is 1. The number of rotatable bonds is 6. The molecule has 1 N–H and O–H groups in total. The van der Waals surface area contributed by atoms with Gasteiger partial charge in [-0.3, -0.25) is 4.79 Å². The van der Waals surface area contributed by atoms with E-state index in [1.165, 1.54) is 22.5 Å². The number of nitrogens with zero attached hydrogens (tertiary/aromatic N) is 1. The number of amides is 1. The summed E-state index contributed by atoms with van der Waals surface area (Å²) in [6.07, 6.45) is 0. The predicted molar refractivity (Wildman–Crippen MR) is 121 cm³/mol. The van der Waals surface area contributed by atoms with E-state index in [1.807, 2.05) is 19.1 Å². The van der Waals surface area contributed by atoms with Gasteiger partial charge in [-0.15, -0.1) is 0 Å². The fraction of sp³-hybridized carbons (Fsp3) is 0.364. The highest BCUT2D eigenvalue weighted by molar-refractivity contribution is 7.89. The van der Waals surface area contributed by atoms with Crippen molar-refractivity contribution in [3.8, 4) is 0 Å². The summed E-state index contributed by atoms with van der Waals surface area (Å²) in [6.45, 7) is 6.09. The molecule has 2 aromatic rings. The van der Waals surface area contributed by atoms with Crippen molar-refractivity contribution < 1.29 is 27.5 Å². The number of hydrogen-bond acceptors (Lipinski definition) is 6. The minimum absolute atomic E-state index is 0.0474. The standard InChI is InChI=1S/C22H25ClN2O6S/c1-14-10-15(2)21(16(3)11-14)22(27)31-13-20(26)24-17-4-5-18(23)19(12-17)32(28,29)25-6-8-30-9-7-25/h4-5,10-12H,6-9,13H2,1-3H3,(H,24,26). The average molecular weight is 481 g/mol. The maximum atomic E-state index is 12.9. The number of ether oxygens (including phenoxy) is 2. The molecule has 8 nitrogen and oxygen atoms in total. The second kappa shape index (κ2) is 9.99. The molecule has 172 valence electrons. The first-order valence-electron chi connectivity index (χ1n) is 10.0. The summed E-state index contributed by atoms with van der Waals surface area (Å²) in [5.41, 5.74) is 3.21. The van der Waals surface area contributed by atoms with E-state index >= 15 is 0 Å². The highest BCUT2D eigenvalue weighted by Crippen LogP contribution is 2.28. The lowest BCUT2D eigenvalue weighted by Gasteiger charge is -2.26. The summed E-state index contributed by atoms with van der Waals surface area (Å²) in [5.74, 6) is -1.19. The Morgan fingerprint density at radius 3 is 2.34 bits per heavy atom. The Morgan fingerprint density at radius 1 is 1.09 bits per heavy atom. The highest BCUT2D eigenvalue weighted by atomic mass is 35.5. The molecular weight excluding hydrogens is 456 g/mol. The van der Waals surface area contributed by atoms with Crippen molar-refractivity contribution in [2.75, 3.05) is 38.2 Å². The fourth-order valence-electron chi connectivity index (χ4n) is 3.61. The molecule has 0 spiro atoms. The SMILES string of the molecule is Cc1cc(C)c(C(=O)OCC(=O)Nc2ccc(Cl)c(S(=O)(=O)N3CCOCC3)c2)c(C)c1. The monoisotopic (exact) mass is 480 g/mol. The molecule has 3 rings (SSSR count). The Hall–Kier alpha value is -2.46. The molecule has 1 fully saturated rings. The summed E-state index contributed by atoms with van der Waals surface area (Å²) in [7, 11) is -3.84. The number of aryl methyl sites for hydroxylation is 3. The molecule has 1 amide bonds. The van der Waals surface area contributed by atoms with E-state index in [2.05, 4.69) is 5.32 Å². The van der Waals surface area contributed by atoms with Crippen molar-refractivity contribution in [3.63, 3.8) is 0 Å². The Balaban J connectivity index is 1.68. The number of anilines is 1. The third-order valence-corrected chi connectivity index (χ3v) is 7.40. The molecule has 0 bridgehead atoms. The quantitative estimate of drug-likeness (QED) is 0.637. The van der Waals surface area contributed by atoms with Gasteiger partial charge in [-0.05, 0) is 50.1 Å². The van der Waals surface area contributed by atoms with Crippen LogP contribution >= 0.6 is 11.6 Å². The summed E-state index contributed by atoms with van der Waals surface area (Å²) >= 11 is 6.13. The minimum atomic E-state index is -3.84. The van der Waals surface area contributed by atoms with Crippen molar-refractivity contribution in [1.29, 1.82) is 0 Å². The van der Waals surface area contributed by atoms with Gasteiger partial charge in [-0.25, -0.2) is 13.2 Å². The number of halogens is 1. The number of carbonyl (C=O) groups excluding carboxylic acids is 2. The molecule has 0 saturated carbocycles. The van der Waals surface area contributed by atoms with E-state index in [9.17, 15) is 18.0 Å². The minimum Gasteiger partial charge on any atom is -0.452 e. The van der Waals surface area contributed by atoms with Crippen molar-refractivity contribution in [2.45, 2.75) is 25.7 Å². The molecular formula is C22H25ClN2O6S. The van der Waals surface area contributed by atoms with Gasteiger partial charge in [0.1, 0.15) is 4.90 Å². The van der Waals surface area contributed by atoms with Gasteiger partial charge in [0, 0.05) is 18.8 Å². The van der Waals surface area contributed by atoms with Crippen LogP contribution in [0.25, 0.3) is 0 Å². The maximum Gasteiger partial charge on any atom is 0.339 e. The molecule has 0 aromatic heterocycles. The first-order chi connectivity index (χ1) is 15.1. The lowest BCUT2D eigenvalue weighted by molar-refractivity contribution is -0.119. The number of nitrogens with one attached hydrogen (secondary N) is 1. The maximum absolute atomic E-state index is 12.9. The molecule has 10 heteroatoms. The van der Waals surface area contributed by atoms with E-state index in [-0.39, 0.29) is 28.7 Å². The van der Waals surface area contributed by atoms with Gasteiger partial charge in [-0.2, -0.15) is 4.31 Å². The van der Waals surface area contributed by atoms with Gasteiger partial charge in [-0.1, -0.05) is 29.3 Å². The zero-order chi connectivity index (χ0) is 23.5. The smallest absolute Gasteiger partial charge is 0.339 e. The number of carbonyl (C=O) groups is 2. The van der Waals surface area contributed by atoms with Crippen LogP contribution in [0.1, 0.15) is 27.0 Å². The van der Waals surface area contributed by atoms with E-state index in [0.717, 1.165) is 16.7 Å². The van der Waals surface area contributed by atoms with Crippen molar-refractivity contribution in [3.05, 3.63) is 57.6 Å². The summed E-state index contributed by atoms with van der Waals surface area (Å²) < 4.78 is 37.5. The third-order valence-electron chi connectivity index (χ3n) is 5.02. The predicted octanol–water partition coefficient (Wildman–Crippen LogP) is 3.08. The van der Waals surface area contributed by atoms with Gasteiger partial charge >= 0.3 is 5.97 Å². The van der Waals surface area contributed by atoms with Crippen LogP contribution in [0.5, 0.6) is 0 Å². The van der Waals surface area contributed by atoms with Crippen molar-refractivity contribution >= 4 is 39.2 Å². The molecule has 2 aromatic carbocycles. The molecule has 0 unspecified atom stereocenters. The Bertz CT molecular complexity index is 1120. The average Bonchev–Trinajstić information content (AvgIpc) is 2.73. The van der Waals surface area contributed by atoms with Gasteiger partial charge in [0.25, 0.3) is 5.91 Å².